The average Bonchev–Trinajstić information content (AvgIpc) is 3.43. The van der Waals surface area contributed by atoms with Gasteiger partial charge in [-0.25, -0.2) is 15.0 Å². The van der Waals surface area contributed by atoms with Crippen molar-refractivity contribution >= 4 is 28.9 Å². The number of anilines is 2. The molecule has 11 heteroatoms. The SMILES string of the molecule is Cc1cc(Nc2nccc(C(F)(F)F)n2)cc(-c2cnc(C(C)(O)C3CC3C(C)(C)C(=O)O)s2)c1. The van der Waals surface area contributed by atoms with Gasteiger partial charge in [0.05, 0.1) is 10.3 Å². The van der Waals surface area contributed by atoms with Crippen LogP contribution >= 0.6 is 11.3 Å². The molecule has 0 saturated heterocycles. The summed E-state index contributed by atoms with van der Waals surface area (Å²) in [6, 6.07) is 6.21. The van der Waals surface area contributed by atoms with E-state index in [2.05, 4.69) is 20.3 Å². The van der Waals surface area contributed by atoms with Crippen LogP contribution in [0.1, 0.15) is 43.5 Å². The van der Waals surface area contributed by atoms with E-state index >= 15 is 0 Å². The number of nitrogens with one attached hydrogen (secondary N) is 1. The van der Waals surface area contributed by atoms with Crippen LogP contribution in [-0.4, -0.2) is 31.1 Å². The first-order valence-corrected chi connectivity index (χ1v) is 11.7. The van der Waals surface area contributed by atoms with Crippen molar-refractivity contribution in [1.82, 2.24) is 15.0 Å². The highest BCUT2D eigenvalue weighted by molar-refractivity contribution is 7.15. The molecule has 3 unspecified atom stereocenters. The number of aryl methyl sites for hydroxylation is 1. The van der Waals surface area contributed by atoms with Crippen LogP contribution in [0.25, 0.3) is 10.4 Å². The lowest BCUT2D eigenvalue weighted by Gasteiger charge is -2.25. The van der Waals surface area contributed by atoms with Gasteiger partial charge in [-0.2, -0.15) is 13.2 Å². The molecule has 1 aliphatic rings. The summed E-state index contributed by atoms with van der Waals surface area (Å²) < 4.78 is 38.9. The molecular weight excluding hydrogens is 481 g/mol. The third-order valence-corrected chi connectivity index (χ3v) is 7.77. The van der Waals surface area contributed by atoms with Crippen LogP contribution in [0.4, 0.5) is 24.8 Å². The lowest BCUT2D eigenvalue weighted by molar-refractivity contribution is -0.148. The van der Waals surface area contributed by atoms with Gasteiger partial charge in [-0.15, -0.1) is 11.3 Å². The predicted octanol–water partition coefficient (Wildman–Crippen LogP) is 5.63. The largest absolute Gasteiger partial charge is 0.481 e. The molecule has 7 nitrogen and oxygen atoms in total. The van der Waals surface area contributed by atoms with Gasteiger partial charge in [-0.1, -0.05) is 6.07 Å². The highest BCUT2D eigenvalue weighted by Crippen LogP contribution is 2.59. The van der Waals surface area contributed by atoms with Crippen molar-refractivity contribution < 1.29 is 28.2 Å². The summed E-state index contributed by atoms with van der Waals surface area (Å²) in [6.07, 6.45) is -1.30. The molecule has 0 amide bonds. The Morgan fingerprint density at radius 3 is 2.51 bits per heavy atom. The van der Waals surface area contributed by atoms with Crippen LogP contribution in [-0.2, 0) is 16.6 Å². The highest BCUT2D eigenvalue weighted by Gasteiger charge is 2.59. The Morgan fingerprint density at radius 2 is 1.86 bits per heavy atom. The van der Waals surface area contributed by atoms with E-state index in [0.29, 0.717) is 17.1 Å². The minimum absolute atomic E-state index is 0.162. The monoisotopic (exact) mass is 506 g/mol. The van der Waals surface area contributed by atoms with Gasteiger partial charge in [0.2, 0.25) is 5.95 Å². The van der Waals surface area contributed by atoms with Gasteiger partial charge in [0.1, 0.15) is 16.3 Å². The van der Waals surface area contributed by atoms with Crippen molar-refractivity contribution in [3.05, 3.63) is 52.9 Å². The van der Waals surface area contributed by atoms with E-state index in [9.17, 15) is 28.2 Å². The zero-order valence-electron chi connectivity index (χ0n) is 19.5. The fraction of sp³-hybridized carbons (Fsp3) is 0.417. The molecule has 1 aliphatic carbocycles. The number of aromatic nitrogens is 3. The molecule has 0 spiro atoms. The van der Waals surface area contributed by atoms with E-state index in [1.54, 1.807) is 39.1 Å². The molecule has 2 aromatic heterocycles. The first-order chi connectivity index (χ1) is 16.2. The van der Waals surface area contributed by atoms with Crippen molar-refractivity contribution in [2.24, 2.45) is 17.3 Å². The lowest BCUT2D eigenvalue weighted by atomic mass is 9.83. The molecule has 186 valence electrons. The summed E-state index contributed by atoms with van der Waals surface area (Å²) in [4.78, 5) is 24.2. The fourth-order valence-electron chi connectivity index (χ4n) is 4.28. The molecule has 3 atom stereocenters. The Bertz CT molecular complexity index is 1270. The molecule has 0 bridgehead atoms. The van der Waals surface area contributed by atoms with Crippen LogP contribution in [0.5, 0.6) is 0 Å². The van der Waals surface area contributed by atoms with Gasteiger partial charge in [0, 0.05) is 18.1 Å². The summed E-state index contributed by atoms with van der Waals surface area (Å²) in [5.41, 5.74) is -1.15. The number of rotatable bonds is 7. The molecule has 3 aromatic rings. The Labute approximate surface area is 204 Å². The number of thiazole rings is 1. The lowest BCUT2D eigenvalue weighted by Crippen LogP contribution is -2.32. The van der Waals surface area contributed by atoms with Crippen LogP contribution in [0.2, 0.25) is 0 Å². The summed E-state index contributed by atoms with van der Waals surface area (Å²) >= 11 is 1.30. The molecule has 1 fully saturated rings. The third-order valence-electron chi connectivity index (χ3n) is 6.49. The number of hydrogen-bond acceptors (Lipinski definition) is 7. The molecule has 1 aromatic carbocycles. The third kappa shape index (κ3) is 5.01. The van der Waals surface area contributed by atoms with Gasteiger partial charge >= 0.3 is 12.1 Å². The van der Waals surface area contributed by atoms with Crippen molar-refractivity contribution in [3.63, 3.8) is 0 Å². The molecule has 3 N–H and O–H groups in total. The second-order valence-electron chi connectivity index (χ2n) is 9.63. The van der Waals surface area contributed by atoms with Crippen molar-refractivity contribution in [3.8, 4) is 10.4 Å². The van der Waals surface area contributed by atoms with Gasteiger partial charge in [-0.05, 0) is 75.3 Å². The number of carbonyl (C=O) groups is 1. The molecule has 0 radical (unpaired) electrons. The first kappa shape index (κ1) is 25.1. The number of aliphatic carboxylic acids is 1. The van der Waals surface area contributed by atoms with Crippen LogP contribution in [0.3, 0.4) is 0 Å². The molecule has 4 rings (SSSR count). The van der Waals surface area contributed by atoms with Gasteiger partial charge in [0.25, 0.3) is 0 Å². The first-order valence-electron chi connectivity index (χ1n) is 10.9. The fourth-order valence-corrected chi connectivity index (χ4v) is 5.29. The van der Waals surface area contributed by atoms with Crippen LogP contribution in [0.15, 0.2) is 36.7 Å². The number of aliphatic hydroxyl groups is 1. The minimum atomic E-state index is -4.58. The van der Waals surface area contributed by atoms with E-state index in [1.165, 1.54) is 11.3 Å². The maximum atomic E-state index is 13.0. The summed E-state index contributed by atoms with van der Waals surface area (Å²) in [7, 11) is 0. The predicted molar refractivity (Wildman–Crippen MR) is 125 cm³/mol. The van der Waals surface area contributed by atoms with Gasteiger partial charge in [0.15, 0.2) is 0 Å². The Kier molecular flexibility index (Phi) is 6.13. The zero-order chi connectivity index (χ0) is 25.8. The maximum Gasteiger partial charge on any atom is 0.433 e. The number of nitrogens with zero attached hydrogens (tertiary/aromatic N) is 3. The topological polar surface area (TPSA) is 108 Å². The molecular formula is C24H25F3N4O3S. The van der Waals surface area contributed by atoms with Gasteiger partial charge in [-0.3, -0.25) is 4.79 Å². The minimum Gasteiger partial charge on any atom is -0.481 e. The van der Waals surface area contributed by atoms with E-state index in [-0.39, 0.29) is 17.8 Å². The normalized spacial score (nSPS) is 19.8. The molecule has 35 heavy (non-hydrogen) atoms. The van der Waals surface area contributed by atoms with Crippen LogP contribution < -0.4 is 5.32 Å². The summed E-state index contributed by atoms with van der Waals surface area (Å²) in [6.45, 7) is 6.84. The molecule has 1 saturated carbocycles. The number of carboxylic acids is 1. The van der Waals surface area contributed by atoms with Crippen LogP contribution in [0, 0.1) is 24.2 Å². The quantitative estimate of drug-likeness (QED) is 0.381. The average molecular weight is 507 g/mol. The number of benzene rings is 1. The number of hydrogen-bond donors (Lipinski definition) is 3. The Morgan fingerprint density at radius 1 is 1.14 bits per heavy atom. The standard InChI is InChI=1S/C24H25F3N4O3S/c1-12-7-13(9-14(8-12)30-21-28-6-5-18(31-21)24(25,26)27)17-11-29-19(35-17)23(4,34)16-10-15(16)22(2,3)20(32)33/h5-9,11,15-16,34H,10H2,1-4H3,(H,32,33)(H,28,30,31). The Balaban J connectivity index is 1.57. The smallest absolute Gasteiger partial charge is 0.433 e. The highest BCUT2D eigenvalue weighted by atomic mass is 32.1. The van der Waals surface area contributed by atoms with Crippen molar-refractivity contribution in [2.45, 2.75) is 45.9 Å². The Hall–Kier alpha value is -3.05. The van der Waals surface area contributed by atoms with Crippen molar-refractivity contribution in [2.75, 3.05) is 5.32 Å². The number of carboxylic acid groups (broad SMARTS) is 1. The zero-order valence-corrected chi connectivity index (χ0v) is 20.3. The second kappa shape index (κ2) is 8.56. The second-order valence-corrected chi connectivity index (χ2v) is 10.7. The molecule has 0 aliphatic heterocycles. The summed E-state index contributed by atoms with van der Waals surface area (Å²) in [5, 5.41) is 24.0. The van der Waals surface area contributed by atoms with Gasteiger partial charge < -0.3 is 15.5 Å². The number of halogens is 3. The maximum absolute atomic E-state index is 13.0. The van der Waals surface area contributed by atoms with E-state index in [4.69, 9.17) is 0 Å². The van der Waals surface area contributed by atoms with E-state index < -0.39 is 28.9 Å². The molecule has 2 heterocycles. The van der Waals surface area contributed by atoms with Crippen molar-refractivity contribution in [1.29, 1.82) is 0 Å². The van der Waals surface area contributed by atoms with E-state index in [0.717, 1.165) is 28.3 Å². The van der Waals surface area contributed by atoms with E-state index in [1.807, 2.05) is 13.0 Å². The number of alkyl halides is 3. The summed E-state index contributed by atoms with van der Waals surface area (Å²) in [5.74, 6) is -1.46.